The van der Waals surface area contributed by atoms with Crippen LogP contribution in [0.3, 0.4) is 0 Å². The van der Waals surface area contributed by atoms with E-state index >= 15 is 0 Å². The number of fused-ring (bicyclic) bond motifs is 1. The topological polar surface area (TPSA) is 48.9 Å². The number of carbonyl (C=O) groups is 1. The minimum atomic E-state index is -0.279. The fourth-order valence-corrected chi connectivity index (χ4v) is 4.63. The molecule has 0 N–H and O–H groups in total. The molecule has 2 saturated heterocycles. The summed E-state index contributed by atoms with van der Waals surface area (Å²) in [4.78, 5) is 23.1. The van der Waals surface area contributed by atoms with Crippen LogP contribution in [0.1, 0.15) is 12.8 Å². The molecule has 2 aliphatic rings. The minimum absolute atomic E-state index is 0.0653. The number of thiazole rings is 1. The van der Waals surface area contributed by atoms with E-state index in [4.69, 9.17) is 4.74 Å². The van der Waals surface area contributed by atoms with Gasteiger partial charge in [0.1, 0.15) is 11.3 Å². The zero-order chi connectivity index (χ0) is 18.1. The monoisotopic (exact) mass is 378 g/mol. The number of morpholine rings is 1. The maximum atomic E-state index is 13.9. The van der Waals surface area contributed by atoms with Gasteiger partial charge >= 0.3 is 6.03 Å². The molecule has 1 aromatic carbocycles. The van der Waals surface area contributed by atoms with E-state index in [0.717, 1.165) is 35.8 Å². The average Bonchev–Trinajstić information content (AvgIpc) is 3.13. The van der Waals surface area contributed by atoms with E-state index in [1.807, 2.05) is 22.9 Å². The molecule has 140 valence electrons. The van der Waals surface area contributed by atoms with Gasteiger partial charge in [0.25, 0.3) is 0 Å². The van der Waals surface area contributed by atoms with E-state index in [2.05, 4.69) is 9.88 Å². The lowest BCUT2D eigenvalue weighted by molar-refractivity contribution is 0.0414. The Hall–Kier alpha value is -1.93. The second-order valence-corrected chi connectivity index (χ2v) is 7.83. The van der Waals surface area contributed by atoms with Crippen LogP contribution in [0, 0.1) is 5.82 Å². The molecule has 0 radical (unpaired) electrons. The van der Waals surface area contributed by atoms with Crippen molar-refractivity contribution in [1.82, 2.24) is 14.8 Å². The van der Waals surface area contributed by atoms with Crippen molar-refractivity contribution in [2.24, 2.45) is 0 Å². The summed E-state index contributed by atoms with van der Waals surface area (Å²) in [6.45, 7) is 4.13. The highest BCUT2D eigenvalue weighted by Gasteiger charge is 2.30. The van der Waals surface area contributed by atoms with Crippen LogP contribution in [-0.4, -0.2) is 73.3 Å². The number of para-hydroxylation sites is 1. The van der Waals surface area contributed by atoms with E-state index in [1.54, 1.807) is 6.07 Å². The van der Waals surface area contributed by atoms with Crippen LogP contribution in [0.15, 0.2) is 18.2 Å². The van der Waals surface area contributed by atoms with Gasteiger partial charge in [-0.15, -0.1) is 0 Å². The van der Waals surface area contributed by atoms with E-state index in [0.29, 0.717) is 31.8 Å². The number of urea groups is 1. The van der Waals surface area contributed by atoms with Gasteiger partial charge in [-0.3, -0.25) is 0 Å². The number of rotatable bonds is 2. The van der Waals surface area contributed by atoms with Gasteiger partial charge in [-0.2, -0.15) is 0 Å². The summed E-state index contributed by atoms with van der Waals surface area (Å²) < 4.78 is 20.1. The van der Waals surface area contributed by atoms with Crippen molar-refractivity contribution in [3.63, 3.8) is 0 Å². The molecule has 2 aromatic rings. The Labute approximate surface area is 156 Å². The number of likely N-dealkylation sites (N-methyl/N-ethyl adjacent to an activating group) is 1. The third-order valence-corrected chi connectivity index (χ3v) is 6.24. The Kier molecular flexibility index (Phi) is 4.95. The van der Waals surface area contributed by atoms with Crippen molar-refractivity contribution in [2.75, 3.05) is 51.3 Å². The van der Waals surface area contributed by atoms with Crippen LogP contribution < -0.4 is 4.90 Å². The largest absolute Gasteiger partial charge is 0.378 e. The van der Waals surface area contributed by atoms with E-state index in [-0.39, 0.29) is 17.9 Å². The maximum absolute atomic E-state index is 13.9. The third-order valence-electron chi connectivity index (χ3n) is 5.16. The van der Waals surface area contributed by atoms with Gasteiger partial charge in [0.15, 0.2) is 5.13 Å². The number of piperidine rings is 1. The van der Waals surface area contributed by atoms with Crippen LogP contribution in [0.4, 0.5) is 14.3 Å². The molecule has 0 aliphatic carbocycles. The normalized spacial score (nSPS) is 21.2. The molecule has 0 spiro atoms. The highest BCUT2D eigenvalue weighted by atomic mass is 32.1. The van der Waals surface area contributed by atoms with Crippen LogP contribution in [0.25, 0.3) is 10.2 Å². The smallest absolute Gasteiger partial charge is 0.320 e. The maximum Gasteiger partial charge on any atom is 0.320 e. The predicted molar refractivity (Wildman–Crippen MR) is 100 cm³/mol. The van der Waals surface area contributed by atoms with Crippen molar-refractivity contribution < 1.29 is 13.9 Å². The van der Waals surface area contributed by atoms with Crippen molar-refractivity contribution in [2.45, 2.75) is 18.9 Å². The first-order valence-corrected chi connectivity index (χ1v) is 9.84. The molecule has 2 aliphatic heterocycles. The minimum Gasteiger partial charge on any atom is -0.378 e. The van der Waals surface area contributed by atoms with Crippen LogP contribution in [0.5, 0.6) is 0 Å². The Morgan fingerprint density at radius 3 is 2.92 bits per heavy atom. The lowest BCUT2D eigenvalue weighted by Gasteiger charge is -2.40. The second-order valence-electron chi connectivity index (χ2n) is 6.82. The van der Waals surface area contributed by atoms with E-state index in [9.17, 15) is 9.18 Å². The zero-order valence-corrected chi connectivity index (χ0v) is 15.7. The Bertz CT molecular complexity index is 793. The van der Waals surface area contributed by atoms with Crippen LogP contribution >= 0.6 is 11.3 Å². The Balaban J connectivity index is 1.47. The molecule has 1 aromatic heterocycles. The fraction of sp³-hybridized carbons (Fsp3) is 0.556. The van der Waals surface area contributed by atoms with Crippen LogP contribution in [-0.2, 0) is 4.74 Å². The number of benzene rings is 1. The number of hydrogen-bond donors (Lipinski definition) is 0. The number of amides is 2. The van der Waals surface area contributed by atoms with Gasteiger partial charge in [0, 0.05) is 33.2 Å². The first-order chi connectivity index (χ1) is 12.6. The Morgan fingerprint density at radius 1 is 1.35 bits per heavy atom. The quantitative estimate of drug-likeness (QED) is 0.806. The molecule has 8 heteroatoms. The lowest BCUT2D eigenvalue weighted by Crippen LogP contribution is -2.54. The average molecular weight is 378 g/mol. The molecule has 4 rings (SSSR count). The van der Waals surface area contributed by atoms with E-state index in [1.165, 1.54) is 17.4 Å². The first kappa shape index (κ1) is 17.5. The molecule has 1 atom stereocenters. The van der Waals surface area contributed by atoms with Gasteiger partial charge in [-0.1, -0.05) is 17.4 Å². The number of ether oxygens (including phenoxy) is 1. The molecular formula is C18H23FN4O2S. The number of nitrogens with zero attached hydrogens (tertiary/aromatic N) is 4. The molecule has 0 bridgehead atoms. The molecule has 3 heterocycles. The van der Waals surface area contributed by atoms with Crippen LogP contribution in [0.2, 0.25) is 0 Å². The zero-order valence-electron chi connectivity index (χ0n) is 14.9. The van der Waals surface area contributed by atoms with Gasteiger partial charge in [0.2, 0.25) is 0 Å². The van der Waals surface area contributed by atoms with Crippen molar-refractivity contribution >= 4 is 32.7 Å². The van der Waals surface area contributed by atoms with E-state index < -0.39 is 0 Å². The molecule has 26 heavy (non-hydrogen) atoms. The van der Waals surface area contributed by atoms with Gasteiger partial charge in [-0.25, -0.2) is 14.2 Å². The molecule has 1 unspecified atom stereocenters. The summed E-state index contributed by atoms with van der Waals surface area (Å²) in [6.07, 6.45) is 1.96. The SMILES string of the molecule is CN(C(=O)N1CCOCC1)C1CCCN(c2nc3c(F)cccc3s2)C1. The number of halogens is 1. The Morgan fingerprint density at radius 2 is 2.15 bits per heavy atom. The number of hydrogen-bond acceptors (Lipinski definition) is 5. The van der Waals surface area contributed by atoms with Crippen molar-refractivity contribution in [3.05, 3.63) is 24.0 Å². The molecule has 2 fully saturated rings. The van der Waals surface area contributed by atoms with Gasteiger partial charge < -0.3 is 19.4 Å². The summed E-state index contributed by atoms with van der Waals surface area (Å²) in [5, 5.41) is 0.835. The highest BCUT2D eigenvalue weighted by molar-refractivity contribution is 7.22. The number of anilines is 1. The summed E-state index contributed by atoms with van der Waals surface area (Å²) in [5.41, 5.74) is 0.437. The standard InChI is InChI=1S/C18H23FN4O2S/c1-21(18(24)22-8-10-25-11-9-22)13-4-3-7-23(12-13)17-20-16-14(19)5-2-6-15(16)26-17/h2,5-6,13H,3-4,7-12H2,1H3. The van der Waals surface area contributed by atoms with Crippen molar-refractivity contribution in [1.29, 1.82) is 0 Å². The summed E-state index contributed by atoms with van der Waals surface area (Å²) in [7, 11) is 1.88. The molecular weight excluding hydrogens is 355 g/mol. The number of aromatic nitrogens is 1. The predicted octanol–water partition coefficient (Wildman–Crippen LogP) is 2.79. The summed E-state index contributed by atoms with van der Waals surface area (Å²) >= 11 is 1.51. The van der Waals surface area contributed by atoms with Gasteiger partial charge in [0.05, 0.1) is 24.0 Å². The lowest BCUT2D eigenvalue weighted by atomic mass is 10.1. The summed E-state index contributed by atoms with van der Waals surface area (Å²) in [5.74, 6) is -0.279. The fourth-order valence-electron chi connectivity index (χ4n) is 3.62. The second kappa shape index (κ2) is 7.36. The third kappa shape index (κ3) is 3.35. The van der Waals surface area contributed by atoms with Gasteiger partial charge in [-0.05, 0) is 25.0 Å². The highest BCUT2D eigenvalue weighted by Crippen LogP contribution is 2.32. The molecule has 0 saturated carbocycles. The number of carbonyl (C=O) groups excluding carboxylic acids is 1. The molecule has 2 amide bonds. The summed E-state index contributed by atoms with van der Waals surface area (Å²) in [6, 6.07) is 5.26. The first-order valence-electron chi connectivity index (χ1n) is 9.03. The van der Waals surface area contributed by atoms with Crippen molar-refractivity contribution in [3.8, 4) is 0 Å². The molecule has 6 nitrogen and oxygen atoms in total.